The summed E-state index contributed by atoms with van der Waals surface area (Å²) in [6.45, 7) is 4.24. The van der Waals surface area contributed by atoms with E-state index in [1.54, 1.807) is 0 Å². The normalized spacial score (nSPS) is 13.8. The van der Waals surface area contributed by atoms with Gasteiger partial charge in [0.1, 0.15) is 0 Å². The second kappa shape index (κ2) is 4.18. The van der Waals surface area contributed by atoms with Crippen molar-refractivity contribution >= 4 is 10.3 Å². The number of hydrogen-bond acceptors (Lipinski definition) is 1. The van der Waals surface area contributed by atoms with Crippen molar-refractivity contribution in [2.75, 3.05) is 17.8 Å². The van der Waals surface area contributed by atoms with E-state index in [9.17, 15) is 4.55 Å². The molecule has 0 amide bonds. The second-order valence-electron chi connectivity index (χ2n) is 2.63. The van der Waals surface area contributed by atoms with Gasteiger partial charge in [0.15, 0.2) is 0 Å². The minimum Gasteiger partial charge on any atom is -0.352 e. The van der Waals surface area contributed by atoms with Crippen molar-refractivity contribution in [2.24, 2.45) is 0 Å². The van der Waals surface area contributed by atoms with Crippen molar-refractivity contribution in [2.45, 2.75) is 26.7 Å². The van der Waals surface area contributed by atoms with E-state index in [-0.39, 0.29) is 0 Å². The van der Waals surface area contributed by atoms with Crippen LogP contribution in [0.2, 0.25) is 0 Å². The van der Waals surface area contributed by atoms with E-state index in [1.807, 2.05) is 6.26 Å². The first kappa shape index (κ1) is 9.31. The van der Waals surface area contributed by atoms with Crippen LogP contribution >= 0.6 is 10.3 Å². The molecule has 0 saturated carbocycles. The third kappa shape index (κ3) is 4.79. The monoisotopic (exact) mass is 150 g/mol. The van der Waals surface area contributed by atoms with E-state index in [0.717, 1.165) is 24.3 Å². The summed E-state index contributed by atoms with van der Waals surface area (Å²) in [5.74, 6) is 2.03. The van der Waals surface area contributed by atoms with E-state index in [0.29, 0.717) is 0 Å². The highest BCUT2D eigenvalue weighted by Gasteiger charge is 2.09. The predicted molar refractivity (Wildman–Crippen MR) is 46.5 cm³/mol. The molecule has 2 heteroatoms. The Labute approximate surface area is 60.0 Å². The van der Waals surface area contributed by atoms with Crippen LogP contribution in [0.1, 0.15) is 26.7 Å². The Balaban J connectivity index is 3.43. The topological polar surface area (TPSA) is 20.2 Å². The Morgan fingerprint density at radius 3 is 1.67 bits per heavy atom. The lowest BCUT2D eigenvalue weighted by molar-refractivity contribution is 0.626. The molecule has 0 aliphatic heterocycles. The van der Waals surface area contributed by atoms with Crippen LogP contribution in [0.4, 0.5) is 0 Å². The Bertz CT molecular complexity index is 63.3. The third-order valence-electron chi connectivity index (χ3n) is 1.29. The fraction of sp³-hybridized carbons (Fsp3) is 1.00. The van der Waals surface area contributed by atoms with Crippen molar-refractivity contribution < 1.29 is 4.55 Å². The minimum absolute atomic E-state index is 1.01. The van der Waals surface area contributed by atoms with Gasteiger partial charge in [-0.3, -0.25) is 0 Å². The molecule has 0 aromatic rings. The molecule has 0 fully saturated rings. The second-order valence-corrected chi connectivity index (χ2v) is 5.89. The Hall–Kier alpha value is 0.310. The SMILES string of the molecule is CCCS(C)(O)CCC. The Kier molecular flexibility index (Phi) is 4.32. The van der Waals surface area contributed by atoms with E-state index >= 15 is 0 Å². The molecule has 0 aromatic heterocycles. The van der Waals surface area contributed by atoms with Gasteiger partial charge in [0.05, 0.1) is 0 Å². The van der Waals surface area contributed by atoms with E-state index in [4.69, 9.17) is 0 Å². The van der Waals surface area contributed by atoms with Crippen molar-refractivity contribution in [3.05, 3.63) is 0 Å². The summed E-state index contributed by atoms with van der Waals surface area (Å²) in [7, 11) is -1.18. The maximum Gasteiger partial charge on any atom is -0.00176 e. The van der Waals surface area contributed by atoms with Gasteiger partial charge in [0.25, 0.3) is 0 Å². The van der Waals surface area contributed by atoms with Gasteiger partial charge in [0, 0.05) is 0 Å². The summed E-state index contributed by atoms with van der Waals surface area (Å²) in [5, 5.41) is 0. The van der Waals surface area contributed by atoms with Crippen LogP contribution in [0.15, 0.2) is 0 Å². The minimum atomic E-state index is -1.18. The highest BCUT2D eigenvalue weighted by Crippen LogP contribution is 2.39. The zero-order valence-electron chi connectivity index (χ0n) is 6.68. The molecule has 0 rings (SSSR count). The largest absolute Gasteiger partial charge is 0.352 e. The number of hydrogen-bond donors (Lipinski definition) is 1. The highest BCUT2D eigenvalue weighted by molar-refractivity contribution is 8.28. The van der Waals surface area contributed by atoms with Crippen LogP contribution in [-0.4, -0.2) is 22.3 Å². The summed E-state index contributed by atoms with van der Waals surface area (Å²) < 4.78 is 9.60. The molecular formula is C7H18OS. The molecule has 0 saturated heterocycles. The summed E-state index contributed by atoms with van der Waals surface area (Å²) >= 11 is 0. The van der Waals surface area contributed by atoms with Gasteiger partial charge in [-0.2, -0.15) is 0 Å². The summed E-state index contributed by atoms with van der Waals surface area (Å²) in [6, 6.07) is 0. The lowest BCUT2D eigenvalue weighted by atomic mass is 10.6. The van der Waals surface area contributed by atoms with Crippen LogP contribution < -0.4 is 0 Å². The van der Waals surface area contributed by atoms with Crippen molar-refractivity contribution in [3.8, 4) is 0 Å². The zero-order chi connectivity index (χ0) is 7.33. The van der Waals surface area contributed by atoms with Gasteiger partial charge in [-0.1, -0.05) is 13.8 Å². The fourth-order valence-electron chi connectivity index (χ4n) is 0.982. The van der Waals surface area contributed by atoms with E-state index in [1.165, 1.54) is 0 Å². The van der Waals surface area contributed by atoms with Crippen LogP contribution in [0.25, 0.3) is 0 Å². The summed E-state index contributed by atoms with van der Waals surface area (Å²) in [5.41, 5.74) is 0. The van der Waals surface area contributed by atoms with Crippen molar-refractivity contribution in [3.63, 3.8) is 0 Å². The van der Waals surface area contributed by atoms with Crippen LogP contribution in [0.5, 0.6) is 0 Å². The lowest BCUT2D eigenvalue weighted by Gasteiger charge is -2.27. The van der Waals surface area contributed by atoms with Gasteiger partial charge < -0.3 is 4.55 Å². The zero-order valence-corrected chi connectivity index (χ0v) is 7.50. The number of rotatable bonds is 4. The average molecular weight is 150 g/mol. The van der Waals surface area contributed by atoms with Crippen LogP contribution in [-0.2, 0) is 0 Å². The molecule has 0 atom stereocenters. The van der Waals surface area contributed by atoms with Crippen LogP contribution in [0, 0.1) is 0 Å². The molecule has 0 bridgehead atoms. The molecule has 1 nitrogen and oxygen atoms in total. The maximum absolute atomic E-state index is 9.60. The van der Waals surface area contributed by atoms with Gasteiger partial charge in [-0.25, -0.2) is 0 Å². The first-order valence-electron chi connectivity index (χ1n) is 3.58. The average Bonchev–Trinajstić information content (AvgIpc) is 1.64. The third-order valence-corrected chi connectivity index (χ3v) is 3.86. The van der Waals surface area contributed by atoms with E-state index < -0.39 is 10.3 Å². The van der Waals surface area contributed by atoms with Crippen LogP contribution in [0.3, 0.4) is 0 Å². The standard InChI is InChI=1S/C7H18OS/c1-4-6-9(3,8)7-5-2/h8H,4-7H2,1-3H3. The van der Waals surface area contributed by atoms with Crippen molar-refractivity contribution in [1.29, 1.82) is 0 Å². The summed E-state index contributed by atoms with van der Waals surface area (Å²) in [4.78, 5) is 0. The molecule has 58 valence electrons. The van der Waals surface area contributed by atoms with E-state index in [2.05, 4.69) is 13.8 Å². The molecule has 0 aliphatic rings. The molecule has 0 radical (unpaired) electrons. The lowest BCUT2D eigenvalue weighted by Crippen LogP contribution is -2.04. The van der Waals surface area contributed by atoms with Gasteiger partial charge in [-0.15, -0.1) is 10.3 Å². The smallest absolute Gasteiger partial charge is 0.00176 e. The van der Waals surface area contributed by atoms with Gasteiger partial charge >= 0.3 is 0 Å². The fourth-order valence-corrected chi connectivity index (χ4v) is 2.94. The first-order valence-corrected chi connectivity index (χ1v) is 5.92. The molecular weight excluding hydrogens is 132 g/mol. The Morgan fingerprint density at radius 1 is 1.11 bits per heavy atom. The molecule has 9 heavy (non-hydrogen) atoms. The molecule has 0 heterocycles. The van der Waals surface area contributed by atoms with Gasteiger partial charge in [0.2, 0.25) is 0 Å². The molecule has 0 unspecified atom stereocenters. The molecule has 0 aliphatic carbocycles. The van der Waals surface area contributed by atoms with Gasteiger partial charge in [-0.05, 0) is 30.6 Å². The predicted octanol–water partition coefficient (Wildman–Crippen LogP) is 2.71. The Morgan fingerprint density at radius 2 is 1.44 bits per heavy atom. The maximum atomic E-state index is 9.60. The molecule has 0 aromatic carbocycles. The molecule has 1 N–H and O–H groups in total. The molecule has 0 spiro atoms. The van der Waals surface area contributed by atoms with Crippen molar-refractivity contribution in [1.82, 2.24) is 0 Å². The highest BCUT2D eigenvalue weighted by atomic mass is 32.3. The summed E-state index contributed by atoms with van der Waals surface area (Å²) in [6.07, 6.45) is 4.23. The quantitative estimate of drug-likeness (QED) is 0.653. The first-order chi connectivity index (χ1) is 4.12.